The molecule has 36 nitrogen and oxygen atoms in total. The number of nitrogens with zero attached hydrogens (tertiary/aromatic N) is 10. The standard InChI is InChI=1S/C10H10BrN3O3.C8H12BrN3O3.C7H4BF4O.C6H6BrN3O2.C6H4BrN3O.C4H3BrN2O2.C4H7BrO2.C4H4N2O2.C4H11NO2.H2O/c1-2-17-8(15)6-13-3-4-14-9(10(13)16)7(11)5-12-14;1-14-6(15-2)4-10-8(13)7-5(9)3-11-12-7;9-6-2-1-4(8-13)3-5(6)7(10,11)12;7-3-1-9-10-4(11)2-8-6(12)5(3)10;7-4-3-9-10-2-1-8-6(11)5(4)10;5-2-1-6-7-3(2)4(8)9;1-2-7-4(6)3-5;7-4(8)3-1-2-5-6-3;1-6-4(3-5)7-2;/h3-5H,2,6H2,1H3;3,6H,4H2,1-2H3,(H,10,13)(H,11,12);1-3,13H;1,4,11H,2H2,(H,8,12);1-3H,(H,8,11);1H,(H,6,7)(H,8,9);2-3H2,1H3;1-2H,(H,5,6)(H,7,8);4H,3,5H2,1-2H3;1H2. The highest BCUT2D eigenvalue weighted by Crippen LogP contribution is 2.30. The highest BCUT2D eigenvalue weighted by molar-refractivity contribution is 9.11. The van der Waals surface area contributed by atoms with Crippen molar-refractivity contribution in [3.05, 3.63) is 163 Å². The molecule has 1 aromatic carbocycles. The number of carbonyl (C=O) groups is 6. The Morgan fingerprint density at radius 1 is 0.740 bits per heavy atom. The highest BCUT2D eigenvalue weighted by Gasteiger charge is 2.34. The van der Waals surface area contributed by atoms with Gasteiger partial charge in [0.05, 0.1) is 85.2 Å². The van der Waals surface area contributed by atoms with E-state index in [4.69, 9.17) is 44.7 Å². The minimum absolute atomic E-state index is 0. The first-order valence-corrected chi connectivity index (χ1v) is 32.3. The number of aromatic nitrogens is 14. The lowest BCUT2D eigenvalue weighted by molar-refractivity contribution is -0.144. The van der Waals surface area contributed by atoms with Gasteiger partial charge in [0.15, 0.2) is 24.5 Å². The number of amides is 2. The average molecular weight is 1810 g/mol. The van der Waals surface area contributed by atoms with Gasteiger partial charge < -0.3 is 80.2 Å². The lowest BCUT2D eigenvalue weighted by atomic mass is 9.87. The number of hydrogen-bond acceptors (Lipinski definition) is 23. The monoisotopic (exact) mass is 1800 g/mol. The molecule has 10 rings (SSSR count). The number of nitrogens with one attached hydrogen (secondary N) is 6. The number of aliphatic hydroxyl groups is 1. The number of fused-ring (bicyclic) bond motifs is 3. The Kier molecular flexibility index (Phi) is 42.5. The van der Waals surface area contributed by atoms with Gasteiger partial charge in [0.25, 0.3) is 22.9 Å². The summed E-state index contributed by atoms with van der Waals surface area (Å²) in [6.45, 7) is 5.06. The summed E-state index contributed by atoms with van der Waals surface area (Å²) in [5.74, 6) is -4.47. The molecule has 2 amide bonds. The van der Waals surface area contributed by atoms with Crippen LogP contribution in [0.1, 0.15) is 67.6 Å². The maximum atomic E-state index is 12.6. The van der Waals surface area contributed by atoms with Crippen LogP contribution in [0, 0.1) is 5.82 Å². The van der Waals surface area contributed by atoms with Crippen LogP contribution in [0.4, 0.5) is 17.6 Å². The topological polar surface area (TPSA) is 514 Å². The predicted octanol–water partition coefficient (Wildman–Crippen LogP) is 3.75. The minimum atomic E-state index is -4.73. The van der Waals surface area contributed by atoms with Gasteiger partial charge in [-0.1, -0.05) is 33.5 Å². The van der Waals surface area contributed by atoms with Gasteiger partial charge in [0.1, 0.15) is 45.8 Å². The van der Waals surface area contributed by atoms with Gasteiger partial charge >= 0.3 is 37.5 Å². The van der Waals surface area contributed by atoms with Crippen molar-refractivity contribution in [1.82, 2.24) is 79.8 Å². The van der Waals surface area contributed by atoms with E-state index in [9.17, 15) is 61.0 Å². The van der Waals surface area contributed by atoms with Crippen LogP contribution in [0.5, 0.6) is 0 Å². The number of aromatic carboxylic acids is 2. The third-order valence-electron chi connectivity index (χ3n) is 11.2. The molecule has 14 N–H and O–H groups in total. The second kappa shape index (κ2) is 47.2. The normalized spacial score (nSPS) is 11.6. The molecule has 47 heteroatoms. The number of methoxy groups -OCH3 is 4. The van der Waals surface area contributed by atoms with Crippen LogP contribution in [0.3, 0.4) is 0 Å². The third-order valence-corrected chi connectivity index (χ3v) is 14.6. The van der Waals surface area contributed by atoms with Gasteiger partial charge in [0, 0.05) is 66.0 Å². The summed E-state index contributed by atoms with van der Waals surface area (Å²) in [6, 6.07) is 3.63. The largest absolute Gasteiger partial charge is 0.477 e. The van der Waals surface area contributed by atoms with E-state index in [-0.39, 0.29) is 77.2 Å². The number of aromatic amines is 4. The molecule has 0 saturated carbocycles. The number of esters is 2. The molecule has 9 heterocycles. The molecule has 0 fully saturated rings. The van der Waals surface area contributed by atoms with Gasteiger partial charge in [-0.3, -0.25) is 44.1 Å². The van der Waals surface area contributed by atoms with Gasteiger partial charge in [-0.2, -0.15) is 43.8 Å². The fourth-order valence-electron chi connectivity index (χ4n) is 6.61. The average Bonchev–Trinajstić information content (AvgIpc) is 1.64. The molecule has 0 spiro atoms. The maximum Gasteiger partial charge on any atom is 0.419 e. The van der Waals surface area contributed by atoms with Crippen LogP contribution in [0.2, 0.25) is 0 Å². The number of rotatable bonds is 16. The molecule has 1 aliphatic heterocycles. The number of benzene rings is 1. The summed E-state index contributed by atoms with van der Waals surface area (Å²) in [5.41, 5.74) is 5.12. The number of nitrogens with two attached hydrogens (primary N) is 1. The smallest absolute Gasteiger partial charge is 0.419 e. The zero-order valence-corrected chi connectivity index (χ0v) is 62.2. The Balaban J connectivity index is 0.000000570. The van der Waals surface area contributed by atoms with E-state index in [1.165, 1.54) is 75.7 Å². The number of halogens is 10. The van der Waals surface area contributed by atoms with E-state index >= 15 is 0 Å². The molecule has 9 aromatic rings. The number of ether oxygens (including phenoxy) is 6. The first kappa shape index (κ1) is 90.1. The molecule has 1 atom stereocenters. The van der Waals surface area contributed by atoms with E-state index in [2.05, 4.69) is 162 Å². The summed E-state index contributed by atoms with van der Waals surface area (Å²) < 4.78 is 85.8. The SMILES string of the molecule is CCOC(=O)CBr.CCOC(=O)Cn1ccn2ncc(Br)c2c1=O.COC(CN)OC.COC(CNC(=O)c1[nH]ncc1Br)OC.O.O=C(O)c1[nH]ncc1Br.O=C(O)c1ccn[nH]1.O=C1NCC(O)n2ncc(Br)c21.O=c1[nH]ccn2ncc(Br)c12.O[B]c1ccc(F)c(C(F)(F)F)c1. The fraction of sp³-hybridized carbons (Fsp3) is 0.321. The van der Waals surface area contributed by atoms with E-state index in [0.717, 1.165) is 6.07 Å². The molecule has 8 aromatic heterocycles. The van der Waals surface area contributed by atoms with Crippen LogP contribution in [-0.4, -0.2) is 217 Å². The Bertz CT molecular complexity index is 4090. The molecular weight excluding hydrogens is 1740 g/mol. The Labute approximate surface area is 612 Å². The van der Waals surface area contributed by atoms with Crippen molar-refractivity contribution in [2.45, 2.75) is 45.4 Å². The van der Waals surface area contributed by atoms with Gasteiger partial charge in [-0.05, 0) is 106 Å². The molecule has 0 bridgehead atoms. The molecule has 1 radical (unpaired) electrons. The predicted molar refractivity (Wildman–Crippen MR) is 366 cm³/mol. The lowest BCUT2D eigenvalue weighted by Gasteiger charge is -2.20. The van der Waals surface area contributed by atoms with Crippen LogP contribution in [-0.2, 0) is 50.7 Å². The zero-order chi connectivity index (χ0) is 74.5. The van der Waals surface area contributed by atoms with Crippen molar-refractivity contribution in [2.24, 2.45) is 5.73 Å². The van der Waals surface area contributed by atoms with Gasteiger partial charge in [-0.25, -0.2) is 27.7 Å². The summed E-state index contributed by atoms with van der Waals surface area (Å²) >= 11 is 18.7. The number of carboxylic acids is 2. The summed E-state index contributed by atoms with van der Waals surface area (Å²) in [4.78, 5) is 90.0. The first-order chi connectivity index (χ1) is 46.9. The lowest BCUT2D eigenvalue weighted by Crippen LogP contribution is -2.39. The minimum Gasteiger partial charge on any atom is -0.477 e. The van der Waals surface area contributed by atoms with Crippen molar-refractivity contribution < 1.29 is 101 Å². The van der Waals surface area contributed by atoms with Gasteiger partial charge in [0.2, 0.25) is 0 Å². The Morgan fingerprint density at radius 3 is 1.73 bits per heavy atom. The van der Waals surface area contributed by atoms with Crippen molar-refractivity contribution in [3.63, 3.8) is 0 Å². The molecule has 1 unspecified atom stereocenters. The number of aliphatic hydroxyl groups excluding tert-OH is 1. The van der Waals surface area contributed by atoms with E-state index in [0.29, 0.717) is 89.5 Å². The molecular formula is C53H63BBr6F4N17O19. The number of β-amino-alcohol motifs (C(OH)–C–C–N with tert-alkyl or cyclic N) is 1. The summed E-state index contributed by atoms with van der Waals surface area (Å²) in [7, 11) is 6.61. The van der Waals surface area contributed by atoms with Crippen molar-refractivity contribution in [3.8, 4) is 0 Å². The molecule has 0 saturated heterocycles. The number of carboxylic acid groups (broad SMARTS) is 2. The van der Waals surface area contributed by atoms with Crippen molar-refractivity contribution in [2.75, 3.05) is 66.6 Å². The molecule has 0 aliphatic carbocycles. The molecule has 547 valence electrons. The quantitative estimate of drug-likeness (QED) is 0.0216. The number of carbonyl (C=O) groups excluding carboxylic acids is 4. The highest BCUT2D eigenvalue weighted by atomic mass is 79.9. The van der Waals surface area contributed by atoms with E-state index in [1.807, 2.05) is 0 Å². The van der Waals surface area contributed by atoms with Crippen LogP contribution in [0.25, 0.3) is 11.0 Å². The second-order valence-electron chi connectivity index (χ2n) is 17.7. The number of H-pyrrole nitrogens is 4. The van der Waals surface area contributed by atoms with Crippen molar-refractivity contribution >= 4 is 155 Å². The fourth-order valence-corrected chi connectivity index (χ4v) is 8.85. The zero-order valence-electron chi connectivity index (χ0n) is 52.7. The summed E-state index contributed by atoms with van der Waals surface area (Å²) in [5, 5.41) is 69.3. The first-order valence-electron chi connectivity index (χ1n) is 27.2. The molecule has 1 aliphatic rings. The maximum absolute atomic E-state index is 12.6. The number of hydrogen-bond donors (Lipinski definition) is 11. The van der Waals surface area contributed by atoms with E-state index in [1.54, 1.807) is 52.9 Å². The Hall–Kier alpha value is -7.94. The van der Waals surface area contributed by atoms with Crippen LogP contribution in [0.15, 0.2) is 118 Å². The van der Waals surface area contributed by atoms with E-state index < -0.39 is 48.0 Å². The Morgan fingerprint density at radius 2 is 1.30 bits per heavy atom. The number of alkyl halides is 4. The van der Waals surface area contributed by atoms with Crippen molar-refractivity contribution in [1.29, 1.82) is 0 Å². The van der Waals surface area contributed by atoms with Crippen LogP contribution < -0.4 is 32.9 Å². The molecule has 100 heavy (non-hydrogen) atoms. The van der Waals surface area contributed by atoms with Gasteiger partial charge in [-0.15, -0.1) is 0 Å². The van der Waals surface area contributed by atoms with Crippen LogP contribution >= 0.6 is 95.6 Å². The summed E-state index contributed by atoms with van der Waals surface area (Å²) in [6.07, 6.45) is 9.08. The third kappa shape index (κ3) is 30.1. The second-order valence-corrected chi connectivity index (χ2v) is 22.5.